The first-order valence-electron chi connectivity index (χ1n) is 6.61. The molecule has 0 spiro atoms. The van der Waals surface area contributed by atoms with Crippen LogP contribution in [0, 0.1) is 0 Å². The number of aryl methyl sites for hydroxylation is 1. The van der Waals surface area contributed by atoms with Crippen molar-refractivity contribution in [2.24, 2.45) is 0 Å². The molecule has 0 saturated heterocycles. The Labute approximate surface area is 115 Å². The van der Waals surface area contributed by atoms with Crippen LogP contribution in [0.1, 0.15) is 29.3 Å². The number of Topliss-reactive ketones (excluding diaryl/α,β-unsaturated/α-hetero) is 1. The fraction of sp³-hybridized carbons (Fsp3) is 0.400. The van der Waals surface area contributed by atoms with Crippen LogP contribution in [0.25, 0.3) is 10.9 Å². The number of aromatic nitrogens is 1. The summed E-state index contributed by atoms with van der Waals surface area (Å²) in [6, 6.07) is 5.82. The minimum absolute atomic E-state index is 0.0172. The molecule has 20 heavy (non-hydrogen) atoms. The van der Waals surface area contributed by atoms with Gasteiger partial charge in [0, 0.05) is 29.1 Å². The number of nitrogens with one attached hydrogen (secondary N) is 1. The Morgan fingerprint density at radius 3 is 2.90 bits per heavy atom. The second-order valence-electron chi connectivity index (χ2n) is 4.53. The molecule has 0 amide bonds. The highest BCUT2D eigenvalue weighted by atomic mass is 19.3. The Kier molecular flexibility index (Phi) is 4.84. The van der Waals surface area contributed by atoms with Crippen LogP contribution in [0.4, 0.5) is 8.78 Å². The van der Waals surface area contributed by atoms with Gasteiger partial charge in [-0.05, 0) is 12.0 Å². The summed E-state index contributed by atoms with van der Waals surface area (Å²) in [5, 5.41) is 0.878. The lowest BCUT2D eigenvalue weighted by atomic mass is 10.0. The van der Waals surface area contributed by atoms with E-state index in [2.05, 4.69) is 11.9 Å². The molecule has 0 saturated carbocycles. The zero-order valence-electron chi connectivity index (χ0n) is 11.3. The molecule has 1 N–H and O–H groups in total. The fourth-order valence-corrected chi connectivity index (χ4v) is 2.21. The van der Waals surface area contributed by atoms with Gasteiger partial charge in [-0.1, -0.05) is 25.1 Å². The topological polar surface area (TPSA) is 42.1 Å². The van der Waals surface area contributed by atoms with Gasteiger partial charge >= 0.3 is 0 Å². The number of hydrogen-bond donors (Lipinski definition) is 1. The number of ketones is 1. The highest BCUT2D eigenvalue weighted by molar-refractivity contribution is 6.08. The summed E-state index contributed by atoms with van der Waals surface area (Å²) in [6.07, 6.45) is 0.170. The first kappa shape index (κ1) is 14.7. The lowest BCUT2D eigenvalue weighted by Gasteiger charge is -2.03. The van der Waals surface area contributed by atoms with Crippen molar-refractivity contribution < 1.29 is 18.3 Å². The molecular weight excluding hydrogens is 264 g/mol. The van der Waals surface area contributed by atoms with Gasteiger partial charge in [0.05, 0.1) is 6.61 Å². The number of carbonyl (C=O) groups excluding carboxylic acids is 1. The molecular formula is C15H17F2NO2. The van der Waals surface area contributed by atoms with E-state index in [-0.39, 0.29) is 18.8 Å². The summed E-state index contributed by atoms with van der Waals surface area (Å²) >= 11 is 0. The van der Waals surface area contributed by atoms with Crippen LogP contribution in [-0.2, 0) is 11.2 Å². The van der Waals surface area contributed by atoms with Crippen molar-refractivity contribution >= 4 is 16.7 Å². The smallest absolute Gasteiger partial charge is 0.261 e. The lowest BCUT2D eigenvalue weighted by Crippen LogP contribution is -2.09. The minimum atomic E-state index is -2.50. The third kappa shape index (κ3) is 3.22. The Balaban J connectivity index is 2.07. The molecule has 108 valence electrons. The summed E-state index contributed by atoms with van der Waals surface area (Å²) in [5.41, 5.74) is 2.71. The molecule has 5 heteroatoms. The van der Waals surface area contributed by atoms with Crippen molar-refractivity contribution in [3.05, 3.63) is 35.5 Å². The van der Waals surface area contributed by atoms with Crippen LogP contribution in [0.2, 0.25) is 0 Å². The lowest BCUT2D eigenvalue weighted by molar-refractivity contribution is 0.0170. The van der Waals surface area contributed by atoms with E-state index in [0.29, 0.717) is 5.56 Å². The molecule has 0 aliphatic rings. The molecule has 2 rings (SSSR count). The molecule has 0 aliphatic carbocycles. The zero-order valence-corrected chi connectivity index (χ0v) is 11.3. The van der Waals surface area contributed by atoms with Crippen molar-refractivity contribution in [1.82, 2.24) is 4.98 Å². The van der Waals surface area contributed by atoms with E-state index < -0.39 is 13.0 Å². The standard InChI is InChI=1S/C15H17F2NO2/c1-2-10-4-3-5-11-12(8-18-15(10)11)13(19)6-7-20-9-14(16)17/h3-5,8,14,18H,2,6-7,9H2,1H3. The Bertz CT molecular complexity index is 593. The normalized spacial score (nSPS) is 11.4. The second-order valence-corrected chi connectivity index (χ2v) is 4.53. The molecule has 0 atom stereocenters. The quantitative estimate of drug-likeness (QED) is 0.622. The molecule has 0 radical (unpaired) electrons. The number of aromatic amines is 1. The van der Waals surface area contributed by atoms with Gasteiger partial charge < -0.3 is 9.72 Å². The average molecular weight is 281 g/mol. The minimum Gasteiger partial charge on any atom is -0.375 e. The zero-order chi connectivity index (χ0) is 14.5. The number of rotatable bonds is 7. The average Bonchev–Trinajstić information content (AvgIpc) is 2.87. The summed E-state index contributed by atoms with van der Waals surface area (Å²) in [5.74, 6) is -0.0984. The third-order valence-electron chi connectivity index (χ3n) is 3.20. The molecule has 1 aromatic carbocycles. The number of fused-ring (bicyclic) bond motifs is 1. The van der Waals surface area contributed by atoms with Gasteiger partial charge in [-0.25, -0.2) is 8.78 Å². The summed E-state index contributed by atoms with van der Waals surface area (Å²) in [4.78, 5) is 15.2. The van der Waals surface area contributed by atoms with Gasteiger partial charge in [0.1, 0.15) is 6.61 Å². The fourth-order valence-electron chi connectivity index (χ4n) is 2.21. The summed E-state index contributed by atoms with van der Waals surface area (Å²) in [6.45, 7) is 1.44. The number of benzene rings is 1. The number of alkyl halides is 2. The largest absolute Gasteiger partial charge is 0.375 e. The SMILES string of the molecule is CCc1cccc2c(C(=O)CCOCC(F)F)c[nH]c12. The Morgan fingerprint density at radius 1 is 1.40 bits per heavy atom. The van der Waals surface area contributed by atoms with E-state index >= 15 is 0 Å². The monoisotopic (exact) mass is 281 g/mol. The first-order chi connectivity index (χ1) is 9.63. The predicted molar refractivity (Wildman–Crippen MR) is 73.4 cm³/mol. The van der Waals surface area contributed by atoms with Crippen LogP contribution in [-0.4, -0.2) is 30.4 Å². The van der Waals surface area contributed by atoms with E-state index in [0.717, 1.165) is 22.9 Å². The van der Waals surface area contributed by atoms with Crippen LogP contribution < -0.4 is 0 Å². The maximum atomic E-state index is 12.1. The number of hydrogen-bond acceptors (Lipinski definition) is 2. The van der Waals surface area contributed by atoms with Gasteiger partial charge in [-0.3, -0.25) is 4.79 Å². The molecule has 0 aliphatic heterocycles. The first-order valence-corrected chi connectivity index (χ1v) is 6.61. The van der Waals surface area contributed by atoms with E-state index in [1.807, 2.05) is 18.2 Å². The van der Waals surface area contributed by atoms with Gasteiger partial charge in [0.2, 0.25) is 0 Å². The second kappa shape index (κ2) is 6.61. The van der Waals surface area contributed by atoms with Gasteiger partial charge in [-0.2, -0.15) is 0 Å². The van der Waals surface area contributed by atoms with Crippen molar-refractivity contribution in [1.29, 1.82) is 0 Å². The third-order valence-corrected chi connectivity index (χ3v) is 3.20. The maximum Gasteiger partial charge on any atom is 0.261 e. The van der Waals surface area contributed by atoms with E-state index in [1.54, 1.807) is 6.20 Å². The van der Waals surface area contributed by atoms with E-state index in [4.69, 9.17) is 4.74 Å². The summed E-state index contributed by atoms with van der Waals surface area (Å²) < 4.78 is 28.6. The molecule has 0 bridgehead atoms. The number of carbonyl (C=O) groups is 1. The molecule has 1 heterocycles. The molecule has 2 aromatic rings. The Hall–Kier alpha value is -1.75. The number of ether oxygens (including phenoxy) is 1. The molecule has 1 aromatic heterocycles. The van der Waals surface area contributed by atoms with Crippen molar-refractivity contribution in [3.63, 3.8) is 0 Å². The van der Waals surface area contributed by atoms with Crippen molar-refractivity contribution in [3.8, 4) is 0 Å². The predicted octanol–water partition coefficient (Wildman–Crippen LogP) is 3.58. The van der Waals surface area contributed by atoms with Gasteiger partial charge in [0.15, 0.2) is 5.78 Å². The van der Waals surface area contributed by atoms with Gasteiger partial charge in [0.25, 0.3) is 6.43 Å². The number of H-pyrrole nitrogens is 1. The number of halogens is 2. The molecule has 3 nitrogen and oxygen atoms in total. The van der Waals surface area contributed by atoms with E-state index in [9.17, 15) is 13.6 Å². The molecule has 0 fully saturated rings. The van der Waals surface area contributed by atoms with Crippen LogP contribution in [0.15, 0.2) is 24.4 Å². The highest BCUT2D eigenvalue weighted by Gasteiger charge is 2.13. The van der Waals surface area contributed by atoms with E-state index in [1.165, 1.54) is 0 Å². The van der Waals surface area contributed by atoms with Crippen molar-refractivity contribution in [2.75, 3.05) is 13.2 Å². The van der Waals surface area contributed by atoms with Crippen LogP contribution in [0.5, 0.6) is 0 Å². The van der Waals surface area contributed by atoms with Crippen LogP contribution >= 0.6 is 0 Å². The maximum absolute atomic E-state index is 12.1. The van der Waals surface area contributed by atoms with Crippen LogP contribution in [0.3, 0.4) is 0 Å². The van der Waals surface area contributed by atoms with Crippen molar-refractivity contribution in [2.45, 2.75) is 26.2 Å². The molecule has 0 unspecified atom stereocenters. The summed E-state index contributed by atoms with van der Waals surface area (Å²) in [7, 11) is 0. The van der Waals surface area contributed by atoms with Gasteiger partial charge in [-0.15, -0.1) is 0 Å². The highest BCUT2D eigenvalue weighted by Crippen LogP contribution is 2.23. The Morgan fingerprint density at radius 2 is 2.20 bits per heavy atom. The number of para-hydroxylation sites is 1.